The summed E-state index contributed by atoms with van der Waals surface area (Å²) in [5, 5.41) is 0.343. The van der Waals surface area contributed by atoms with E-state index in [1.54, 1.807) is 18.2 Å². The lowest BCUT2D eigenvalue weighted by atomic mass is 10.1. The largest absolute Gasteiger partial charge is 0.495 e. The molecule has 1 aliphatic rings. The summed E-state index contributed by atoms with van der Waals surface area (Å²) in [4.78, 5) is 0.0306. The van der Waals surface area contributed by atoms with Gasteiger partial charge in [-0.3, -0.25) is 4.72 Å². The Labute approximate surface area is 135 Å². The smallest absolute Gasteiger partial charge is 0.265 e. The molecule has 0 aromatic heterocycles. The van der Waals surface area contributed by atoms with E-state index in [0.29, 0.717) is 10.7 Å². The van der Waals surface area contributed by atoms with Gasteiger partial charge in [-0.1, -0.05) is 17.7 Å². The zero-order valence-electron chi connectivity index (χ0n) is 12.1. The SMILES string of the molecule is COc1ccc(Cl)cc1S(=O)(=O)Nc1ccc2c(c1)CCC2. The summed E-state index contributed by atoms with van der Waals surface area (Å²) in [6, 6.07) is 10.2. The third-order valence-corrected chi connectivity index (χ3v) is 5.40. The number of hydrogen-bond donors (Lipinski definition) is 1. The Morgan fingerprint density at radius 2 is 1.86 bits per heavy atom. The first-order chi connectivity index (χ1) is 10.5. The predicted octanol–water partition coefficient (Wildman–Crippen LogP) is 3.64. The maximum atomic E-state index is 12.6. The monoisotopic (exact) mass is 337 g/mol. The van der Waals surface area contributed by atoms with Crippen LogP contribution in [0.1, 0.15) is 17.5 Å². The van der Waals surface area contributed by atoms with Crippen LogP contribution in [-0.2, 0) is 22.9 Å². The Morgan fingerprint density at radius 1 is 1.09 bits per heavy atom. The van der Waals surface area contributed by atoms with Gasteiger partial charge in [-0.2, -0.15) is 0 Å². The van der Waals surface area contributed by atoms with E-state index in [0.717, 1.165) is 19.3 Å². The first kappa shape index (κ1) is 15.2. The zero-order chi connectivity index (χ0) is 15.7. The summed E-state index contributed by atoms with van der Waals surface area (Å²) >= 11 is 5.91. The summed E-state index contributed by atoms with van der Waals surface area (Å²) in [7, 11) is -2.33. The number of halogens is 1. The molecule has 22 heavy (non-hydrogen) atoms. The molecule has 0 amide bonds. The molecular formula is C16H16ClNO3S. The number of methoxy groups -OCH3 is 1. The fraction of sp³-hybridized carbons (Fsp3) is 0.250. The van der Waals surface area contributed by atoms with Crippen molar-refractivity contribution in [2.24, 2.45) is 0 Å². The summed E-state index contributed by atoms with van der Waals surface area (Å²) in [6.45, 7) is 0. The standard InChI is InChI=1S/C16H16ClNO3S/c1-21-15-8-6-13(17)10-16(15)22(19,20)18-14-7-5-11-3-2-4-12(11)9-14/h5-10,18H,2-4H2,1H3. The summed E-state index contributed by atoms with van der Waals surface area (Å²) < 4.78 is 32.9. The van der Waals surface area contributed by atoms with Crippen molar-refractivity contribution >= 4 is 27.3 Å². The van der Waals surface area contributed by atoms with Crippen molar-refractivity contribution in [1.82, 2.24) is 0 Å². The number of fused-ring (bicyclic) bond motifs is 1. The summed E-state index contributed by atoms with van der Waals surface area (Å²) in [5.74, 6) is 0.262. The molecule has 0 radical (unpaired) electrons. The molecule has 0 atom stereocenters. The van der Waals surface area contributed by atoms with Gasteiger partial charge in [0.2, 0.25) is 0 Å². The second-order valence-electron chi connectivity index (χ2n) is 5.24. The van der Waals surface area contributed by atoms with Crippen LogP contribution in [0.3, 0.4) is 0 Å². The molecule has 2 aromatic carbocycles. The Balaban J connectivity index is 1.95. The van der Waals surface area contributed by atoms with Gasteiger partial charge in [-0.05, 0) is 60.7 Å². The summed E-state index contributed by atoms with van der Waals surface area (Å²) in [5.41, 5.74) is 3.06. The van der Waals surface area contributed by atoms with E-state index in [2.05, 4.69) is 4.72 Å². The Kier molecular flexibility index (Phi) is 4.02. The molecule has 0 saturated heterocycles. The van der Waals surface area contributed by atoms with E-state index in [4.69, 9.17) is 16.3 Å². The Hall–Kier alpha value is -1.72. The van der Waals surface area contributed by atoms with Crippen molar-refractivity contribution in [3.63, 3.8) is 0 Å². The highest BCUT2D eigenvalue weighted by Gasteiger charge is 2.21. The van der Waals surface area contributed by atoms with Gasteiger partial charge in [0.05, 0.1) is 7.11 Å². The second kappa shape index (κ2) is 5.82. The number of sulfonamides is 1. The van der Waals surface area contributed by atoms with Gasteiger partial charge < -0.3 is 4.74 Å². The van der Waals surface area contributed by atoms with Gasteiger partial charge in [-0.15, -0.1) is 0 Å². The maximum absolute atomic E-state index is 12.6. The average molecular weight is 338 g/mol. The molecule has 1 N–H and O–H groups in total. The fourth-order valence-corrected chi connectivity index (χ4v) is 4.19. The van der Waals surface area contributed by atoms with Crippen molar-refractivity contribution in [1.29, 1.82) is 0 Å². The molecule has 0 aliphatic heterocycles. The lowest BCUT2D eigenvalue weighted by molar-refractivity contribution is 0.403. The zero-order valence-corrected chi connectivity index (χ0v) is 13.7. The van der Waals surface area contributed by atoms with Gasteiger partial charge in [0.1, 0.15) is 10.6 Å². The van der Waals surface area contributed by atoms with Crippen molar-refractivity contribution < 1.29 is 13.2 Å². The van der Waals surface area contributed by atoms with Gasteiger partial charge in [0.25, 0.3) is 10.0 Å². The molecule has 6 heteroatoms. The number of benzene rings is 2. The van der Waals surface area contributed by atoms with Crippen LogP contribution in [0.2, 0.25) is 5.02 Å². The van der Waals surface area contributed by atoms with Crippen LogP contribution in [0.25, 0.3) is 0 Å². The van der Waals surface area contributed by atoms with E-state index in [9.17, 15) is 8.42 Å². The van der Waals surface area contributed by atoms with Crippen LogP contribution in [0, 0.1) is 0 Å². The highest BCUT2D eigenvalue weighted by atomic mass is 35.5. The van der Waals surface area contributed by atoms with Gasteiger partial charge >= 0.3 is 0 Å². The molecule has 0 heterocycles. The van der Waals surface area contributed by atoms with E-state index >= 15 is 0 Å². The first-order valence-electron chi connectivity index (χ1n) is 6.98. The quantitative estimate of drug-likeness (QED) is 0.926. The second-order valence-corrected chi connectivity index (χ2v) is 7.32. The predicted molar refractivity (Wildman–Crippen MR) is 87.3 cm³/mol. The molecule has 0 fully saturated rings. The molecular weight excluding hydrogens is 322 g/mol. The molecule has 0 unspecified atom stereocenters. The topological polar surface area (TPSA) is 55.4 Å². The van der Waals surface area contributed by atoms with Crippen LogP contribution in [-0.4, -0.2) is 15.5 Å². The Morgan fingerprint density at radius 3 is 2.64 bits per heavy atom. The van der Waals surface area contributed by atoms with Crippen LogP contribution >= 0.6 is 11.6 Å². The summed E-state index contributed by atoms with van der Waals surface area (Å²) in [6.07, 6.45) is 3.17. The van der Waals surface area contributed by atoms with E-state index in [1.807, 2.05) is 12.1 Å². The average Bonchev–Trinajstić information content (AvgIpc) is 2.94. The van der Waals surface area contributed by atoms with Crippen molar-refractivity contribution in [2.45, 2.75) is 24.2 Å². The van der Waals surface area contributed by atoms with Crippen LogP contribution in [0.5, 0.6) is 5.75 Å². The van der Waals surface area contributed by atoms with Gasteiger partial charge in [0, 0.05) is 10.7 Å². The molecule has 116 valence electrons. The van der Waals surface area contributed by atoms with Crippen molar-refractivity contribution in [3.05, 3.63) is 52.5 Å². The van der Waals surface area contributed by atoms with Crippen LogP contribution < -0.4 is 9.46 Å². The molecule has 1 aliphatic carbocycles. The van der Waals surface area contributed by atoms with E-state index in [-0.39, 0.29) is 10.6 Å². The number of nitrogens with one attached hydrogen (secondary N) is 1. The normalized spacial score (nSPS) is 13.7. The van der Waals surface area contributed by atoms with Crippen LogP contribution in [0.4, 0.5) is 5.69 Å². The minimum absolute atomic E-state index is 0.0306. The number of hydrogen-bond acceptors (Lipinski definition) is 3. The number of anilines is 1. The molecule has 4 nitrogen and oxygen atoms in total. The van der Waals surface area contributed by atoms with Crippen molar-refractivity contribution in [3.8, 4) is 5.75 Å². The maximum Gasteiger partial charge on any atom is 0.265 e. The lowest BCUT2D eigenvalue weighted by Crippen LogP contribution is -2.14. The molecule has 0 saturated carbocycles. The number of aryl methyl sites for hydroxylation is 2. The first-order valence-corrected chi connectivity index (χ1v) is 8.84. The molecule has 2 aromatic rings. The lowest BCUT2D eigenvalue weighted by Gasteiger charge is -2.12. The minimum atomic E-state index is -3.76. The number of ether oxygens (including phenoxy) is 1. The highest BCUT2D eigenvalue weighted by Crippen LogP contribution is 2.30. The highest BCUT2D eigenvalue weighted by molar-refractivity contribution is 7.92. The molecule has 0 spiro atoms. The number of rotatable bonds is 4. The minimum Gasteiger partial charge on any atom is -0.495 e. The molecule has 3 rings (SSSR count). The Bertz CT molecular complexity index is 818. The fourth-order valence-electron chi connectivity index (χ4n) is 2.71. The van der Waals surface area contributed by atoms with Gasteiger partial charge in [-0.25, -0.2) is 8.42 Å². The van der Waals surface area contributed by atoms with E-state index in [1.165, 1.54) is 24.3 Å². The van der Waals surface area contributed by atoms with Crippen LogP contribution in [0.15, 0.2) is 41.3 Å². The van der Waals surface area contributed by atoms with E-state index < -0.39 is 10.0 Å². The third kappa shape index (κ3) is 2.91. The van der Waals surface area contributed by atoms with Gasteiger partial charge in [0.15, 0.2) is 0 Å². The van der Waals surface area contributed by atoms with Crippen molar-refractivity contribution in [2.75, 3.05) is 11.8 Å². The molecule has 0 bridgehead atoms. The third-order valence-electron chi connectivity index (χ3n) is 3.77.